The zero-order valence-corrected chi connectivity index (χ0v) is 12.3. The molecular formula is C18H22O2. The molecule has 0 amide bonds. The van der Waals surface area contributed by atoms with Gasteiger partial charge in [-0.15, -0.1) is 0 Å². The Labute approximate surface area is 121 Å². The van der Waals surface area contributed by atoms with Gasteiger partial charge < -0.3 is 9.47 Å². The van der Waals surface area contributed by atoms with Crippen molar-refractivity contribution >= 4 is 0 Å². The van der Waals surface area contributed by atoms with Gasteiger partial charge in [0, 0.05) is 7.11 Å². The highest BCUT2D eigenvalue weighted by Crippen LogP contribution is 2.23. The van der Waals surface area contributed by atoms with Gasteiger partial charge in [-0.05, 0) is 35.2 Å². The Morgan fingerprint density at radius 2 is 1.40 bits per heavy atom. The van der Waals surface area contributed by atoms with Crippen LogP contribution in [-0.2, 0) is 11.2 Å². The molecule has 0 N–H and O–H groups in total. The zero-order chi connectivity index (χ0) is 14.2. The third kappa shape index (κ3) is 4.10. The zero-order valence-electron chi connectivity index (χ0n) is 12.3. The van der Waals surface area contributed by atoms with E-state index in [4.69, 9.17) is 9.47 Å². The van der Waals surface area contributed by atoms with Crippen LogP contribution in [0.5, 0.6) is 5.75 Å². The third-order valence-electron chi connectivity index (χ3n) is 3.24. The summed E-state index contributed by atoms with van der Waals surface area (Å²) in [6.45, 7) is 3.40. The molecule has 2 aromatic rings. The fourth-order valence-corrected chi connectivity index (χ4v) is 2.14. The number of rotatable bonds is 7. The number of aryl methyl sites for hydroxylation is 1. The Bertz CT molecular complexity index is 500. The Balaban J connectivity index is 2.01. The first-order valence-corrected chi connectivity index (χ1v) is 7.14. The van der Waals surface area contributed by atoms with E-state index in [2.05, 4.69) is 43.3 Å². The molecule has 0 bridgehead atoms. The van der Waals surface area contributed by atoms with Crippen molar-refractivity contribution in [2.24, 2.45) is 0 Å². The monoisotopic (exact) mass is 270 g/mol. The van der Waals surface area contributed by atoms with Gasteiger partial charge in [-0.3, -0.25) is 0 Å². The molecule has 2 aromatic carbocycles. The minimum absolute atomic E-state index is 0.585. The predicted octanol–water partition coefficient (Wildman–Crippen LogP) is 4.33. The second kappa shape index (κ2) is 7.71. The maximum absolute atomic E-state index is 5.56. The highest BCUT2D eigenvalue weighted by molar-refractivity contribution is 5.64. The van der Waals surface area contributed by atoms with E-state index in [0.717, 1.165) is 12.2 Å². The molecule has 0 unspecified atom stereocenters. The molecule has 0 aliphatic carbocycles. The lowest BCUT2D eigenvalue weighted by Gasteiger charge is -2.07. The van der Waals surface area contributed by atoms with Gasteiger partial charge in [-0.25, -0.2) is 0 Å². The van der Waals surface area contributed by atoms with Crippen molar-refractivity contribution in [3.05, 3.63) is 54.1 Å². The van der Waals surface area contributed by atoms with Crippen molar-refractivity contribution in [1.82, 2.24) is 0 Å². The number of hydrogen-bond donors (Lipinski definition) is 0. The minimum atomic E-state index is 0.585. The molecule has 0 aromatic heterocycles. The van der Waals surface area contributed by atoms with Crippen molar-refractivity contribution in [3.8, 4) is 16.9 Å². The molecule has 0 radical (unpaired) electrons. The first-order chi connectivity index (χ1) is 9.83. The molecule has 0 aliphatic rings. The second-order valence-electron chi connectivity index (χ2n) is 4.81. The van der Waals surface area contributed by atoms with Crippen LogP contribution in [0.3, 0.4) is 0 Å². The van der Waals surface area contributed by atoms with Gasteiger partial charge in [0.2, 0.25) is 0 Å². The SMILES string of the molecule is CCCc1ccc(-c2ccc(OCCOC)cc2)cc1. The first-order valence-electron chi connectivity index (χ1n) is 7.14. The summed E-state index contributed by atoms with van der Waals surface area (Å²) in [7, 11) is 1.68. The van der Waals surface area contributed by atoms with E-state index in [-0.39, 0.29) is 0 Å². The van der Waals surface area contributed by atoms with E-state index in [9.17, 15) is 0 Å². The lowest BCUT2D eigenvalue weighted by atomic mass is 10.0. The van der Waals surface area contributed by atoms with Crippen LogP contribution in [0.1, 0.15) is 18.9 Å². The van der Waals surface area contributed by atoms with Gasteiger partial charge in [-0.2, -0.15) is 0 Å². The number of hydrogen-bond acceptors (Lipinski definition) is 2. The molecule has 106 valence electrons. The van der Waals surface area contributed by atoms with E-state index < -0.39 is 0 Å². The molecule has 0 saturated heterocycles. The molecule has 0 aliphatic heterocycles. The summed E-state index contributed by atoms with van der Waals surface area (Å²) in [6.07, 6.45) is 2.33. The Morgan fingerprint density at radius 3 is 1.95 bits per heavy atom. The van der Waals surface area contributed by atoms with E-state index in [0.29, 0.717) is 13.2 Å². The summed E-state index contributed by atoms with van der Waals surface area (Å²) in [5.41, 5.74) is 3.86. The van der Waals surface area contributed by atoms with Crippen molar-refractivity contribution in [2.45, 2.75) is 19.8 Å². The van der Waals surface area contributed by atoms with Gasteiger partial charge in [-0.1, -0.05) is 49.7 Å². The fourth-order valence-electron chi connectivity index (χ4n) is 2.14. The Kier molecular flexibility index (Phi) is 5.63. The summed E-state index contributed by atoms with van der Waals surface area (Å²) in [5.74, 6) is 0.883. The van der Waals surface area contributed by atoms with E-state index in [1.54, 1.807) is 7.11 Å². The normalized spacial score (nSPS) is 10.5. The summed E-state index contributed by atoms with van der Waals surface area (Å²) < 4.78 is 10.5. The molecule has 0 spiro atoms. The lowest BCUT2D eigenvalue weighted by Crippen LogP contribution is -2.03. The topological polar surface area (TPSA) is 18.5 Å². The van der Waals surface area contributed by atoms with Gasteiger partial charge in [0.15, 0.2) is 0 Å². The fraction of sp³-hybridized carbons (Fsp3) is 0.333. The average Bonchev–Trinajstić information content (AvgIpc) is 2.49. The van der Waals surface area contributed by atoms with Gasteiger partial charge in [0.1, 0.15) is 12.4 Å². The smallest absolute Gasteiger partial charge is 0.119 e. The number of ether oxygens (including phenoxy) is 2. The molecule has 0 saturated carbocycles. The van der Waals surface area contributed by atoms with Crippen molar-refractivity contribution in [3.63, 3.8) is 0 Å². The first kappa shape index (κ1) is 14.6. The van der Waals surface area contributed by atoms with Crippen LogP contribution in [-0.4, -0.2) is 20.3 Å². The standard InChI is InChI=1S/C18H22O2/c1-3-4-15-5-7-16(8-6-15)17-9-11-18(12-10-17)20-14-13-19-2/h5-12H,3-4,13-14H2,1-2H3. The number of methoxy groups -OCH3 is 1. The summed E-state index contributed by atoms with van der Waals surface area (Å²) in [4.78, 5) is 0. The molecule has 0 fully saturated rings. The molecule has 2 heteroatoms. The largest absolute Gasteiger partial charge is 0.491 e. The van der Waals surface area contributed by atoms with Crippen LogP contribution in [0, 0.1) is 0 Å². The third-order valence-corrected chi connectivity index (χ3v) is 3.24. The minimum Gasteiger partial charge on any atom is -0.491 e. The molecular weight excluding hydrogens is 248 g/mol. The van der Waals surface area contributed by atoms with E-state index in [1.165, 1.54) is 23.1 Å². The number of benzene rings is 2. The summed E-state index contributed by atoms with van der Waals surface area (Å²) >= 11 is 0. The quantitative estimate of drug-likeness (QED) is 0.697. The predicted molar refractivity (Wildman–Crippen MR) is 83.2 cm³/mol. The van der Waals surface area contributed by atoms with Crippen molar-refractivity contribution in [2.75, 3.05) is 20.3 Å². The van der Waals surface area contributed by atoms with Gasteiger partial charge in [0.05, 0.1) is 6.61 Å². The summed E-state index contributed by atoms with van der Waals surface area (Å²) in [6, 6.07) is 17.0. The van der Waals surface area contributed by atoms with Crippen molar-refractivity contribution in [1.29, 1.82) is 0 Å². The average molecular weight is 270 g/mol. The van der Waals surface area contributed by atoms with E-state index >= 15 is 0 Å². The van der Waals surface area contributed by atoms with E-state index in [1.807, 2.05) is 12.1 Å². The van der Waals surface area contributed by atoms with Crippen LogP contribution in [0.4, 0.5) is 0 Å². The van der Waals surface area contributed by atoms with Gasteiger partial charge in [0.25, 0.3) is 0 Å². The lowest BCUT2D eigenvalue weighted by molar-refractivity contribution is 0.146. The molecule has 2 rings (SSSR count). The Hall–Kier alpha value is -1.80. The molecule has 0 atom stereocenters. The highest BCUT2D eigenvalue weighted by Gasteiger charge is 1.99. The Morgan fingerprint density at radius 1 is 0.800 bits per heavy atom. The molecule has 0 heterocycles. The van der Waals surface area contributed by atoms with Gasteiger partial charge >= 0.3 is 0 Å². The molecule has 20 heavy (non-hydrogen) atoms. The molecule has 2 nitrogen and oxygen atoms in total. The van der Waals surface area contributed by atoms with Crippen molar-refractivity contribution < 1.29 is 9.47 Å². The summed E-state index contributed by atoms with van der Waals surface area (Å²) in [5, 5.41) is 0. The van der Waals surface area contributed by atoms with Crippen LogP contribution in [0.2, 0.25) is 0 Å². The van der Waals surface area contributed by atoms with Crippen LogP contribution in [0.15, 0.2) is 48.5 Å². The maximum atomic E-state index is 5.56. The second-order valence-corrected chi connectivity index (χ2v) is 4.81. The van der Waals surface area contributed by atoms with Crippen LogP contribution >= 0.6 is 0 Å². The highest BCUT2D eigenvalue weighted by atomic mass is 16.5. The maximum Gasteiger partial charge on any atom is 0.119 e. The van der Waals surface area contributed by atoms with Crippen LogP contribution in [0.25, 0.3) is 11.1 Å². The van der Waals surface area contributed by atoms with Crippen LogP contribution < -0.4 is 4.74 Å².